The summed E-state index contributed by atoms with van der Waals surface area (Å²) < 4.78 is 12.7. The molecule has 0 aromatic carbocycles. The Bertz CT molecular complexity index is 708. The van der Waals surface area contributed by atoms with E-state index in [1.165, 1.54) is 0 Å². The third-order valence-corrected chi connectivity index (χ3v) is 4.34. The third kappa shape index (κ3) is 3.65. The number of carbonyl (C=O) groups excluding carboxylic acids is 1. The second kappa shape index (κ2) is 7.14. The number of hydrogen-bond donors (Lipinski definition) is 1. The predicted octanol–water partition coefficient (Wildman–Crippen LogP) is 0.834. The number of amides is 1. The van der Waals surface area contributed by atoms with Crippen molar-refractivity contribution in [1.82, 2.24) is 25.2 Å². The summed E-state index contributed by atoms with van der Waals surface area (Å²) in [4.78, 5) is 14.4. The highest BCUT2D eigenvalue weighted by Crippen LogP contribution is 2.23. The summed E-state index contributed by atoms with van der Waals surface area (Å²) in [7, 11) is 3.93. The number of hydrogen-bond acceptors (Lipinski definition) is 6. The van der Waals surface area contributed by atoms with Crippen LogP contribution in [0.1, 0.15) is 22.6 Å². The zero-order valence-electron chi connectivity index (χ0n) is 14.3. The number of likely N-dealkylation sites (N-methyl/N-ethyl adjacent to an activating group) is 1. The van der Waals surface area contributed by atoms with Gasteiger partial charge in [-0.3, -0.25) is 9.48 Å². The van der Waals surface area contributed by atoms with Gasteiger partial charge in [-0.25, -0.2) is 0 Å². The van der Waals surface area contributed by atoms with Crippen LogP contribution in [0.15, 0.2) is 16.8 Å². The van der Waals surface area contributed by atoms with E-state index in [1.54, 1.807) is 16.9 Å². The Morgan fingerprint density at radius 3 is 3.00 bits per heavy atom. The summed E-state index contributed by atoms with van der Waals surface area (Å²) in [5, 5.41) is 10.9. The smallest absolute Gasteiger partial charge is 0.273 e. The molecule has 1 amide bonds. The van der Waals surface area contributed by atoms with Crippen LogP contribution in [0, 0.1) is 6.92 Å². The van der Waals surface area contributed by atoms with Crippen LogP contribution < -0.4 is 5.32 Å². The molecule has 130 valence electrons. The largest absolute Gasteiger partial charge is 0.375 e. The first-order valence-electron chi connectivity index (χ1n) is 8.08. The number of nitrogens with zero attached hydrogens (tertiary/aromatic N) is 4. The zero-order valence-corrected chi connectivity index (χ0v) is 14.3. The van der Waals surface area contributed by atoms with Crippen molar-refractivity contribution in [2.24, 2.45) is 7.05 Å². The van der Waals surface area contributed by atoms with Gasteiger partial charge < -0.3 is 19.5 Å². The Morgan fingerprint density at radius 1 is 1.46 bits per heavy atom. The predicted molar refractivity (Wildman–Crippen MR) is 87.6 cm³/mol. The molecule has 0 spiro atoms. The fraction of sp³-hybridized carbons (Fsp3) is 0.562. The fourth-order valence-corrected chi connectivity index (χ4v) is 2.73. The molecule has 1 N–H and O–H groups in total. The molecule has 1 saturated heterocycles. The van der Waals surface area contributed by atoms with E-state index in [4.69, 9.17) is 9.26 Å². The van der Waals surface area contributed by atoms with E-state index in [0.29, 0.717) is 12.3 Å². The monoisotopic (exact) mass is 333 g/mol. The molecule has 2 aromatic heterocycles. The average molecular weight is 333 g/mol. The number of carbonyl (C=O) groups is 1. The van der Waals surface area contributed by atoms with Gasteiger partial charge in [0.25, 0.3) is 5.91 Å². The highest BCUT2D eigenvalue weighted by molar-refractivity contribution is 5.93. The number of aryl methyl sites for hydroxylation is 1. The maximum atomic E-state index is 12.2. The van der Waals surface area contributed by atoms with E-state index in [9.17, 15) is 4.79 Å². The van der Waals surface area contributed by atoms with Crippen molar-refractivity contribution in [3.05, 3.63) is 23.7 Å². The van der Waals surface area contributed by atoms with Gasteiger partial charge >= 0.3 is 0 Å². The van der Waals surface area contributed by atoms with Crippen molar-refractivity contribution in [3.8, 4) is 11.3 Å². The van der Waals surface area contributed by atoms with E-state index in [2.05, 4.69) is 27.5 Å². The van der Waals surface area contributed by atoms with E-state index < -0.39 is 0 Å². The van der Waals surface area contributed by atoms with Crippen LogP contribution in [0.4, 0.5) is 0 Å². The van der Waals surface area contributed by atoms with Crippen molar-refractivity contribution < 1.29 is 14.1 Å². The topological polar surface area (TPSA) is 85.4 Å². The summed E-state index contributed by atoms with van der Waals surface area (Å²) in [6, 6.07) is 1.64. The van der Waals surface area contributed by atoms with Crippen molar-refractivity contribution in [3.63, 3.8) is 0 Å². The number of nitrogens with one attached hydrogen (secondary N) is 1. The first kappa shape index (κ1) is 16.7. The number of rotatable bonds is 5. The standard InChI is InChI=1S/C16H23N5O3/c1-11-13(9-18-21(11)3)15-8-14(19-24-15)16(22)17-5-4-12-10-20(2)6-7-23-12/h8-9,12H,4-7,10H2,1-3H3,(H,17,22)/t12-/m1/s1. The molecular weight excluding hydrogens is 310 g/mol. The van der Waals surface area contributed by atoms with Gasteiger partial charge in [0.2, 0.25) is 0 Å². The lowest BCUT2D eigenvalue weighted by Crippen LogP contribution is -2.41. The summed E-state index contributed by atoms with van der Waals surface area (Å²) >= 11 is 0. The molecule has 3 heterocycles. The molecule has 1 fully saturated rings. The molecule has 0 aliphatic carbocycles. The highest BCUT2D eigenvalue weighted by atomic mass is 16.5. The quantitative estimate of drug-likeness (QED) is 0.872. The van der Waals surface area contributed by atoms with Crippen molar-refractivity contribution in [1.29, 1.82) is 0 Å². The minimum absolute atomic E-state index is 0.162. The Balaban J connectivity index is 1.53. The van der Waals surface area contributed by atoms with Crippen molar-refractivity contribution in [2.45, 2.75) is 19.4 Å². The molecule has 8 nitrogen and oxygen atoms in total. The zero-order chi connectivity index (χ0) is 17.1. The first-order chi connectivity index (χ1) is 11.5. The number of morpholine rings is 1. The van der Waals surface area contributed by atoms with E-state index in [-0.39, 0.29) is 17.7 Å². The fourth-order valence-electron chi connectivity index (χ4n) is 2.73. The van der Waals surface area contributed by atoms with Crippen LogP contribution in [0.3, 0.4) is 0 Å². The first-order valence-corrected chi connectivity index (χ1v) is 8.08. The normalized spacial score (nSPS) is 18.7. The van der Waals surface area contributed by atoms with Crippen LogP contribution in [0.5, 0.6) is 0 Å². The Hall–Kier alpha value is -2.19. The van der Waals surface area contributed by atoms with Gasteiger partial charge in [0, 0.05) is 38.4 Å². The molecule has 1 aliphatic heterocycles. The van der Waals surface area contributed by atoms with Crippen molar-refractivity contribution in [2.75, 3.05) is 33.3 Å². The lowest BCUT2D eigenvalue weighted by molar-refractivity contribution is -0.0226. The van der Waals surface area contributed by atoms with Crippen LogP contribution in [-0.2, 0) is 11.8 Å². The minimum Gasteiger partial charge on any atom is -0.375 e. The van der Waals surface area contributed by atoms with Gasteiger partial charge in [-0.15, -0.1) is 0 Å². The Morgan fingerprint density at radius 2 is 2.29 bits per heavy atom. The summed E-state index contributed by atoms with van der Waals surface area (Å²) in [6.07, 6.45) is 2.65. The second-order valence-electron chi connectivity index (χ2n) is 6.14. The molecule has 0 unspecified atom stereocenters. The van der Waals surface area contributed by atoms with E-state index >= 15 is 0 Å². The number of aromatic nitrogens is 3. The summed E-state index contributed by atoms with van der Waals surface area (Å²) in [5.74, 6) is 0.304. The Labute approximate surface area is 140 Å². The lowest BCUT2D eigenvalue weighted by Gasteiger charge is -2.30. The molecule has 0 radical (unpaired) electrons. The summed E-state index contributed by atoms with van der Waals surface area (Å²) in [5.41, 5.74) is 2.06. The molecule has 24 heavy (non-hydrogen) atoms. The van der Waals surface area contributed by atoms with E-state index in [0.717, 1.165) is 37.4 Å². The molecule has 0 saturated carbocycles. The van der Waals surface area contributed by atoms with Gasteiger partial charge in [0.15, 0.2) is 11.5 Å². The maximum Gasteiger partial charge on any atom is 0.273 e. The minimum atomic E-state index is -0.240. The van der Waals surface area contributed by atoms with Crippen molar-refractivity contribution >= 4 is 5.91 Å². The summed E-state index contributed by atoms with van der Waals surface area (Å²) in [6.45, 7) is 5.08. The average Bonchev–Trinajstić information content (AvgIpc) is 3.15. The van der Waals surface area contributed by atoms with Crippen LogP contribution in [-0.4, -0.2) is 65.1 Å². The SMILES string of the molecule is Cc1c(-c2cc(C(=O)NCC[C@@H]3CN(C)CCO3)no2)cnn1C. The maximum absolute atomic E-state index is 12.2. The molecule has 8 heteroatoms. The van der Waals surface area contributed by atoms with Crippen LogP contribution in [0.2, 0.25) is 0 Å². The molecule has 1 atom stereocenters. The number of ether oxygens (including phenoxy) is 1. The lowest BCUT2D eigenvalue weighted by atomic mass is 10.2. The molecule has 1 aliphatic rings. The molecular formula is C16H23N5O3. The van der Waals surface area contributed by atoms with Gasteiger partial charge in [0.1, 0.15) is 0 Å². The van der Waals surface area contributed by atoms with Gasteiger partial charge in [0.05, 0.1) is 24.5 Å². The van der Waals surface area contributed by atoms with Gasteiger partial charge in [-0.05, 0) is 20.4 Å². The molecule has 3 rings (SSSR count). The van der Waals surface area contributed by atoms with Crippen LogP contribution in [0.25, 0.3) is 11.3 Å². The molecule has 2 aromatic rings. The van der Waals surface area contributed by atoms with Crippen LogP contribution >= 0.6 is 0 Å². The van der Waals surface area contributed by atoms with Gasteiger partial charge in [-0.1, -0.05) is 5.16 Å². The van der Waals surface area contributed by atoms with E-state index in [1.807, 2.05) is 14.0 Å². The Kier molecular flexibility index (Phi) is 4.96. The van der Waals surface area contributed by atoms with Gasteiger partial charge in [-0.2, -0.15) is 5.10 Å². The third-order valence-electron chi connectivity index (χ3n) is 4.34. The molecule has 0 bridgehead atoms. The second-order valence-corrected chi connectivity index (χ2v) is 6.14. The highest BCUT2D eigenvalue weighted by Gasteiger charge is 2.19.